The van der Waals surface area contributed by atoms with Crippen molar-refractivity contribution in [2.24, 2.45) is 5.92 Å². The Morgan fingerprint density at radius 1 is 1.35 bits per heavy atom. The van der Waals surface area contributed by atoms with Crippen LogP contribution in [0.5, 0.6) is 5.75 Å². The Morgan fingerprint density at radius 2 is 2.10 bits per heavy atom. The quantitative estimate of drug-likeness (QED) is 0.602. The topological polar surface area (TPSA) is 74.6 Å². The highest BCUT2D eigenvalue weighted by molar-refractivity contribution is 5.40. The molecule has 1 aromatic heterocycles. The van der Waals surface area contributed by atoms with E-state index in [2.05, 4.69) is 24.1 Å². The number of aliphatic hydroxyl groups excluding tert-OH is 1. The molecule has 0 saturated heterocycles. The minimum Gasteiger partial charge on any atom is -0.506 e. The summed E-state index contributed by atoms with van der Waals surface area (Å²) in [4.78, 5) is 4.03. The van der Waals surface area contributed by atoms with Gasteiger partial charge in [0.15, 0.2) is 0 Å². The average molecular weight is 282 g/mol. The zero-order chi connectivity index (χ0) is 15.0. The third-order valence-corrected chi connectivity index (χ3v) is 3.17. The van der Waals surface area contributed by atoms with Crippen molar-refractivity contribution in [1.82, 2.24) is 10.3 Å². The van der Waals surface area contributed by atoms with Crippen LogP contribution < -0.4 is 5.32 Å². The van der Waals surface area contributed by atoms with Gasteiger partial charge in [-0.25, -0.2) is 0 Å². The predicted octanol–water partition coefficient (Wildman–Crippen LogP) is 1.74. The highest BCUT2D eigenvalue weighted by atomic mass is 16.5. The van der Waals surface area contributed by atoms with Crippen LogP contribution in [0, 0.1) is 12.8 Å². The van der Waals surface area contributed by atoms with E-state index in [-0.39, 0.29) is 12.4 Å². The van der Waals surface area contributed by atoms with Crippen molar-refractivity contribution in [3.63, 3.8) is 0 Å². The minimum atomic E-state index is -0.122. The molecule has 1 heterocycles. The van der Waals surface area contributed by atoms with Gasteiger partial charge >= 0.3 is 0 Å². The molecule has 1 aromatic rings. The number of hydrogen-bond acceptors (Lipinski definition) is 5. The SMILES string of the molecule is Cc1ncc(CO)c(CNCCOCCC(C)C)c1O. The Bertz CT molecular complexity index is 408. The van der Waals surface area contributed by atoms with E-state index in [9.17, 15) is 10.2 Å². The molecule has 1 rings (SSSR count). The molecule has 0 aromatic carbocycles. The van der Waals surface area contributed by atoms with Crippen LogP contribution in [0.15, 0.2) is 6.20 Å². The van der Waals surface area contributed by atoms with E-state index in [0.717, 1.165) is 13.0 Å². The number of hydrogen-bond donors (Lipinski definition) is 3. The van der Waals surface area contributed by atoms with Crippen LogP contribution in [0.1, 0.15) is 37.1 Å². The number of aromatic hydroxyl groups is 1. The van der Waals surface area contributed by atoms with E-state index in [1.54, 1.807) is 13.1 Å². The number of aromatic nitrogens is 1. The van der Waals surface area contributed by atoms with Crippen molar-refractivity contribution >= 4 is 0 Å². The third kappa shape index (κ3) is 5.45. The van der Waals surface area contributed by atoms with Gasteiger partial charge in [0.05, 0.1) is 18.9 Å². The van der Waals surface area contributed by atoms with Crippen molar-refractivity contribution in [2.45, 2.75) is 40.3 Å². The maximum atomic E-state index is 9.97. The van der Waals surface area contributed by atoms with Gasteiger partial charge in [0.25, 0.3) is 0 Å². The van der Waals surface area contributed by atoms with E-state index in [1.807, 2.05) is 0 Å². The molecule has 0 saturated carbocycles. The van der Waals surface area contributed by atoms with E-state index in [0.29, 0.717) is 42.4 Å². The fraction of sp³-hybridized carbons (Fsp3) is 0.667. The van der Waals surface area contributed by atoms with Gasteiger partial charge in [-0.2, -0.15) is 0 Å². The van der Waals surface area contributed by atoms with Crippen molar-refractivity contribution < 1.29 is 14.9 Å². The largest absolute Gasteiger partial charge is 0.506 e. The molecule has 0 spiro atoms. The summed E-state index contributed by atoms with van der Waals surface area (Å²) >= 11 is 0. The highest BCUT2D eigenvalue weighted by Crippen LogP contribution is 2.23. The summed E-state index contributed by atoms with van der Waals surface area (Å²) in [6, 6.07) is 0. The normalized spacial score (nSPS) is 11.2. The number of aryl methyl sites for hydroxylation is 1. The molecule has 5 heteroatoms. The van der Waals surface area contributed by atoms with Crippen molar-refractivity contribution in [3.05, 3.63) is 23.0 Å². The van der Waals surface area contributed by atoms with E-state index < -0.39 is 0 Å². The number of ether oxygens (including phenoxy) is 1. The van der Waals surface area contributed by atoms with Crippen LogP contribution in [0.25, 0.3) is 0 Å². The van der Waals surface area contributed by atoms with Gasteiger partial charge in [-0.05, 0) is 19.3 Å². The molecule has 0 amide bonds. The fourth-order valence-electron chi connectivity index (χ4n) is 1.80. The van der Waals surface area contributed by atoms with Gasteiger partial charge in [-0.1, -0.05) is 13.8 Å². The molecule has 0 aliphatic heterocycles. The Hall–Kier alpha value is -1.17. The first kappa shape index (κ1) is 16.9. The summed E-state index contributed by atoms with van der Waals surface area (Å²) in [5.41, 5.74) is 1.94. The number of rotatable bonds is 9. The van der Waals surface area contributed by atoms with Crippen molar-refractivity contribution in [3.8, 4) is 5.75 Å². The van der Waals surface area contributed by atoms with E-state index >= 15 is 0 Å². The number of pyridine rings is 1. The molecule has 5 nitrogen and oxygen atoms in total. The van der Waals surface area contributed by atoms with Crippen molar-refractivity contribution in [1.29, 1.82) is 0 Å². The summed E-state index contributed by atoms with van der Waals surface area (Å²) in [6.45, 7) is 8.60. The highest BCUT2D eigenvalue weighted by Gasteiger charge is 2.10. The van der Waals surface area contributed by atoms with Crippen LogP contribution in [0.4, 0.5) is 0 Å². The average Bonchev–Trinajstić information content (AvgIpc) is 2.42. The van der Waals surface area contributed by atoms with Crippen LogP contribution in [-0.4, -0.2) is 35.0 Å². The molecular weight excluding hydrogens is 256 g/mol. The van der Waals surface area contributed by atoms with Gasteiger partial charge in [0.2, 0.25) is 0 Å². The lowest BCUT2D eigenvalue weighted by molar-refractivity contribution is 0.125. The first-order valence-corrected chi connectivity index (χ1v) is 7.11. The van der Waals surface area contributed by atoms with E-state index in [1.165, 1.54) is 0 Å². The monoisotopic (exact) mass is 282 g/mol. The first-order valence-electron chi connectivity index (χ1n) is 7.11. The molecular formula is C15H26N2O3. The molecule has 20 heavy (non-hydrogen) atoms. The second kappa shape index (κ2) is 8.89. The zero-order valence-corrected chi connectivity index (χ0v) is 12.6. The van der Waals surface area contributed by atoms with E-state index in [4.69, 9.17) is 4.74 Å². The lowest BCUT2D eigenvalue weighted by atomic mass is 10.1. The number of aliphatic hydroxyl groups is 1. The van der Waals surface area contributed by atoms with Gasteiger partial charge in [0.1, 0.15) is 5.75 Å². The lowest BCUT2D eigenvalue weighted by Gasteiger charge is -2.12. The maximum Gasteiger partial charge on any atom is 0.141 e. The summed E-state index contributed by atoms with van der Waals surface area (Å²) in [6.07, 6.45) is 2.67. The Morgan fingerprint density at radius 3 is 2.75 bits per heavy atom. The number of nitrogens with one attached hydrogen (secondary N) is 1. The molecule has 114 valence electrons. The van der Waals surface area contributed by atoms with Crippen LogP contribution in [-0.2, 0) is 17.9 Å². The second-order valence-corrected chi connectivity index (χ2v) is 5.33. The molecule has 0 aliphatic carbocycles. The summed E-state index contributed by atoms with van der Waals surface area (Å²) in [7, 11) is 0. The van der Waals surface area contributed by atoms with Gasteiger partial charge in [-0.15, -0.1) is 0 Å². The predicted molar refractivity (Wildman–Crippen MR) is 78.5 cm³/mol. The van der Waals surface area contributed by atoms with Gasteiger partial charge in [0, 0.05) is 37.0 Å². The molecule has 0 bridgehead atoms. The standard InChI is InChI=1S/C15H26N2O3/c1-11(2)4-6-20-7-5-16-9-14-13(10-18)8-17-12(3)15(14)19/h8,11,16,18-19H,4-7,9-10H2,1-3H3. The van der Waals surface area contributed by atoms with Crippen LogP contribution in [0.2, 0.25) is 0 Å². The Labute approximate surface area is 121 Å². The maximum absolute atomic E-state index is 9.97. The lowest BCUT2D eigenvalue weighted by Crippen LogP contribution is -2.21. The molecule has 0 radical (unpaired) electrons. The van der Waals surface area contributed by atoms with Crippen LogP contribution in [0.3, 0.4) is 0 Å². The molecule has 0 atom stereocenters. The molecule has 3 N–H and O–H groups in total. The van der Waals surface area contributed by atoms with Crippen LogP contribution >= 0.6 is 0 Å². The minimum absolute atomic E-state index is 0.122. The molecule has 0 aliphatic rings. The van der Waals surface area contributed by atoms with Gasteiger partial charge < -0.3 is 20.3 Å². The Kier molecular flexibility index (Phi) is 7.51. The molecule has 0 unspecified atom stereocenters. The smallest absolute Gasteiger partial charge is 0.141 e. The summed E-state index contributed by atoms with van der Waals surface area (Å²) in [5.74, 6) is 0.816. The number of nitrogens with zero attached hydrogens (tertiary/aromatic N) is 1. The summed E-state index contributed by atoms with van der Waals surface area (Å²) < 4.78 is 5.51. The first-order chi connectivity index (χ1) is 9.56. The Balaban J connectivity index is 2.33. The molecule has 0 fully saturated rings. The van der Waals surface area contributed by atoms with Crippen molar-refractivity contribution in [2.75, 3.05) is 19.8 Å². The second-order valence-electron chi connectivity index (χ2n) is 5.33. The summed E-state index contributed by atoms with van der Waals surface area (Å²) in [5, 5.41) is 22.4. The fourth-order valence-corrected chi connectivity index (χ4v) is 1.80. The zero-order valence-electron chi connectivity index (χ0n) is 12.6. The van der Waals surface area contributed by atoms with Gasteiger partial charge in [-0.3, -0.25) is 4.98 Å². The third-order valence-electron chi connectivity index (χ3n) is 3.17.